The number of amides is 2. The van der Waals surface area contributed by atoms with Gasteiger partial charge in [0, 0.05) is 60.4 Å². The van der Waals surface area contributed by atoms with Crippen LogP contribution in [0.1, 0.15) is 123 Å². The molecule has 17 heteroatoms. The summed E-state index contributed by atoms with van der Waals surface area (Å²) in [5, 5.41) is 68.2. The Balaban J connectivity index is 0.000000263. The van der Waals surface area contributed by atoms with Gasteiger partial charge in [0.1, 0.15) is 23.1 Å². The minimum absolute atomic E-state index is 0. The van der Waals surface area contributed by atoms with Crippen molar-refractivity contribution in [1.82, 2.24) is 9.13 Å². The molecule has 6 aromatic carbocycles. The largest absolute Gasteiger partial charge is 2.00 e. The number of rotatable bonds is 24. The minimum atomic E-state index is -1.30. The van der Waals surface area contributed by atoms with Gasteiger partial charge in [-0.1, -0.05) is 113 Å². The first-order chi connectivity index (χ1) is 39.3. The molecule has 8 aromatic rings. The molecule has 0 spiro atoms. The number of carboxylic acids is 2. The van der Waals surface area contributed by atoms with Crippen molar-refractivity contribution >= 4 is 72.9 Å². The van der Waals surface area contributed by atoms with Crippen molar-refractivity contribution in [2.45, 2.75) is 116 Å². The number of aromatic nitrogens is 2. The third kappa shape index (κ3) is 16.8. The molecular formula is C66H68CaF2N4O10. The van der Waals surface area contributed by atoms with E-state index in [1.54, 1.807) is 60.7 Å². The number of carbonyl (C=O) groups is 4. The summed E-state index contributed by atoms with van der Waals surface area (Å²) >= 11 is 0. The number of aliphatic carboxylic acids is 2. The maximum Gasteiger partial charge on any atom is 2.00 e. The molecule has 0 saturated carbocycles. The number of phenols is 2. The SMILES string of the molecule is CC(C)c1c(C(=O)Nc2ccccc2O)c(-c2ccccc2)c(-c2ccc(F)cc2)n1CCCC[C@@H](O)CC(=O)[O-].CC(C)c1c(C(=O)Nc2ccccc2O)c(-c2ccccc2)c(-c2ccc(F)cc2)n1CCCC[C@@H](O)CC(=O)[O-].[Ca+2]. The van der Waals surface area contributed by atoms with Crippen LogP contribution >= 0.6 is 0 Å². The van der Waals surface area contributed by atoms with Crippen LogP contribution in [0, 0.1) is 11.6 Å². The van der Waals surface area contributed by atoms with Crippen LogP contribution in [-0.2, 0) is 22.7 Å². The fourth-order valence-electron chi connectivity index (χ4n) is 10.4. The second-order valence-corrected chi connectivity index (χ2v) is 20.7. The summed E-state index contributed by atoms with van der Waals surface area (Å²) in [7, 11) is 0. The molecule has 0 radical (unpaired) electrons. The molecular weight excluding hydrogens is 1090 g/mol. The van der Waals surface area contributed by atoms with E-state index in [1.807, 2.05) is 88.4 Å². The number of carbonyl (C=O) groups excluding carboxylic acids is 4. The molecule has 0 aliphatic heterocycles. The third-order valence-corrected chi connectivity index (χ3v) is 14.0. The maximum atomic E-state index is 14.1. The second kappa shape index (κ2) is 30.6. The number of halogens is 2. The second-order valence-electron chi connectivity index (χ2n) is 20.7. The van der Waals surface area contributed by atoms with E-state index in [2.05, 4.69) is 19.8 Å². The number of hydrogen-bond donors (Lipinski definition) is 6. The number of aliphatic hydroxyl groups excluding tert-OH is 2. The van der Waals surface area contributed by atoms with Gasteiger partial charge in [-0.3, -0.25) is 9.59 Å². The van der Waals surface area contributed by atoms with E-state index >= 15 is 0 Å². The fourth-order valence-corrected chi connectivity index (χ4v) is 10.4. The Kier molecular flexibility index (Phi) is 23.8. The molecule has 2 aromatic heterocycles. The van der Waals surface area contributed by atoms with E-state index in [1.165, 1.54) is 36.4 Å². The van der Waals surface area contributed by atoms with E-state index in [9.17, 15) is 58.6 Å². The minimum Gasteiger partial charge on any atom is -0.550 e. The summed E-state index contributed by atoms with van der Waals surface area (Å²) in [6, 6.07) is 44.3. The first-order valence-electron chi connectivity index (χ1n) is 27.4. The predicted molar refractivity (Wildman–Crippen MR) is 316 cm³/mol. The van der Waals surface area contributed by atoms with Crippen molar-refractivity contribution in [3.8, 4) is 56.3 Å². The van der Waals surface area contributed by atoms with Crippen LogP contribution in [0.4, 0.5) is 20.2 Å². The number of hydrogen-bond acceptors (Lipinski definition) is 10. The van der Waals surface area contributed by atoms with Crippen molar-refractivity contribution in [2.24, 2.45) is 0 Å². The van der Waals surface area contributed by atoms with Crippen LogP contribution in [0.3, 0.4) is 0 Å². The van der Waals surface area contributed by atoms with Gasteiger partial charge >= 0.3 is 37.7 Å². The van der Waals surface area contributed by atoms with Gasteiger partial charge in [-0.25, -0.2) is 8.78 Å². The number of aromatic hydroxyl groups is 2. The quantitative estimate of drug-likeness (QED) is 0.0190. The average Bonchev–Trinajstić information content (AvgIpc) is 3.14. The van der Waals surface area contributed by atoms with Crippen LogP contribution in [-0.4, -0.2) is 103 Å². The van der Waals surface area contributed by atoms with Crippen molar-refractivity contribution in [3.05, 3.63) is 192 Å². The summed E-state index contributed by atoms with van der Waals surface area (Å²) in [4.78, 5) is 49.8. The number of aliphatic hydroxyl groups is 2. The average molecular weight is 1160 g/mol. The molecule has 2 heterocycles. The van der Waals surface area contributed by atoms with Crippen molar-refractivity contribution in [3.63, 3.8) is 0 Å². The number of nitrogens with zero attached hydrogens (tertiary/aromatic N) is 2. The Morgan fingerprint density at radius 1 is 0.470 bits per heavy atom. The number of carboxylic acid groups (broad SMARTS) is 2. The van der Waals surface area contributed by atoms with Gasteiger partial charge in [-0.05, 0) is 145 Å². The first kappa shape index (κ1) is 64.6. The molecule has 0 aliphatic carbocycles. The van der Waals surface area contributed by atoms with E-state index in [4.69, 9.17) is 0 Å². The van der Waals surface area contributed by atoms with Crippen molar-refractivity contribution in [2.75, 3.05) is 10.6 Å². The molecule has 83 heavy (non-hydrogen) atoms. The van der Waals surface area contributed by atoms with E-state index in [0.717, 1.165) is 45.0 Å². The van der Waals surface area contributed by atoms with Gasteiger partial charge in [0.15, 0.2) is 0 Å². The van der Waals surface area contributed by atoms with E-state index in [0.29, 0.717) is 73.9 Å². The Morgan fingerprint density at radius 3 is 1.11 bits per heavy atom. The molecule has 2 amide bonds. The summed E-state index contributed by atoms with van der Waals surface area (Å²) in [6.07, 6.45) is 0.0565. The number of phenolic OH excluding ortho intramolecular Hbond substituents is 2. The Labute approximate surface area is 512 Å². The molecule has 14 nitrogen and oxygen atoms in total. The van der Waals surface area contributed by atoms with Gasteiger partial charge in [-0.2, -0.15) is 0 Å². The van der Waals surface area contributed by atoms with Gasteiger partial charge in [-0.15, -0.1) is 0 Å². The van der Waals surface area contributed by atoms with Crippen LogP contribution < -0.4 is 20.8 Å². The van der Waals surface area contributed by atoms with Crippen LogP contribution in [0.5, 0.6) is 11.5 Å². The van der Waals surface area contributed by atoms with Crippen LogP contribution in [0.15, 0.2) is 158 Å². The molecule has 2 atom stereocenters. The Hall–Kier alpha value is -7.60. The van der Waals surface area contributed by atoms with E-state index < -0.39 is 37.0 Å². The normalized spacial score (nSPS) is 11.8. The predicted octanol–water partition coefficient (Wildman–Crippen LogP) is 11.0. The standard InChI is InChI=1S/2C33H35FN2O5.Ca/c2*1-21(2)31-30(33(41)35-26-13-6-7-14-27(26)38)29(22-10-4-3-5-11-22)32(23-15-17-24(34)18-16-23)36(31)19-9-8-12-25(37)20-28(39)40;/h2*3-7,10-11,13-18,21,25,37-38H,8-9,12,19-20H2,1-2H3,(H,35,41)(H,39,40);/q;;+2/p-2/t2*25-;/m11./s1. The zero-order valence-electron chi connectivity index (χ0n) is 47.0. The number of para-hydroxylation sites is 4. The number of benzene rings is 6. The summed E-state index contributed by atoms with van der Waals surface area (Å²) in [5.74, 6) is -4.43. The smallest absolute Gasteiger partial charge is 0.550 e. The summed E-state index contributed by atoms with van der Waals surface area (Å²) in [6.45, 7) is 8.93. The Bertz CT molecular complexity index is 3230. The van der Waals surface area contributed by atoms with Crippen LogP contribution in [0.25, 0.3) is 44.8 Å². The molecule has 0 saturated heterocycles. The monoisotopic (exact) mass is 1150 g/mol. The van der Waals surface area contributed by atoms with Gasteiger partial charge in [0.2, 0.25) is 0 Å². The molecule has 0 unspecified atom stereocenters. The third-order valence-electron chi connectivity index (χ3n) is 14.0. The zero-order chi connectivity index (χ0) is 59.0. The molecule has 0 aliphatic rings. The molecule has 6 N–H and O–H groups in total. The first-order valence-corrected chi connectivity index (χ1v) is 27.4. The van der Waals surface area contributed by atoms with E-state index in [-0.39, 0.29) is 95.9 Å². The number of anilines is 2. The van der Waals surface area contributed by atoms with Crippen molar-refractivity contribution in [1.29, 1.82) is 0 Å². The summed E-state index contributed by atoms with van der Waals surface area (Å²) in [5.41, 5.74) is 8.93. The van der Waals surface area contributed by atoms with Gasteiger partial charge < -0.3 is 60.0 Å². The summed E-state index contributed by atoms with van der Waals surface area (Å²) < 4.78 is 32.1. The Morgan fingerprint density at radius 2 is 0.795 bits per heavy atom. The topological polar surface area (TPSA) is 229 Å². The molecule has 0 bridgehead atoms. The molecule has 0 fully saturated rings. The van der Waals surface area contributed by atoms with Gasteiger partial charge in [0.25, 0.3) is 11.8 Å². The van der Waals surface area contributed by atoms with Crippen molar-refractivity contribution < 1.29 is 58.6 Å². The van der Waals surface area contributed by atoms with Gasteiger partial charge in [0.05, 0.1) is 46.1 Å². The maximum absolute atomic E-state index is 14.1. The zero-order valence-corrected chi connectivity index (χ0v) is 49.2. The fraction of sp³-hybridized carbons (Fsp3) is 0.273. The molecule has 428 valence electrons. The van der Waals surface area contributed by atoms with Crippen LogP contribution in [0.2, 0.25) is 0 Å². The number of nitrogens with one attached hydrogen (secondary N) is 2. The number of unbranched alkanes of at least 4 members (excludes halogenated alkanes) is 2. The molecule has 8 rings (SSSR count).